The smallest absolute Gasteiger partial charge is 0.341 e. The molecule has 0 N–H and O–H groups in total. The number of esters is 1. The van der Waals surface area contributed by atoms with Gasteiger partial charge in [-0.2, -0.15) is 4.31 Å². The topological polar surface area (TPSA) is 72.9 Å². The molecule has 0 radical (unpaired) electrons. The Labute approximate surface area is 164 Å². The standard InChI is InChI=1S/C20H24FNO5S/c1-4-22(5-2)28(24,25)16-10-11-18(21)17(14-16)20(23)27-13-12-26-19-9-7-6-8-15(19)3/h6-11,14H,4-5,12-13H2,1-3H3. The summed E-state index contributed by atoms with van der Waals surface area (Å²) in [5.41, 5.74) is 0.512. The molecule has 0 heterocycles. The van der Waals surface area contributed by atoms with Gasteiger partial charge >= 0.3 is 5.97 Å². The molecule has 0 unspecified atom stereocenters. The Morgan fingerprint density at radius 3 is 2.39 bits per heavy atom. The highest BCUT2D eigenvalue weighted by Crippen LogP contribution is 2.20. The van der Waals surface area contributed by atoms with Gasteiger partial charge in [0.25, 0.3) is 0 Å². The third-order valence-electron chi connectivity index (χ3n) is 4.17. The van der Waals surface area contributed by atoms with Crippen LogP contribution in [0.25, 0.3) is 0 Å². The number of benzene rings is 2. The van der Waals surface area contributed by atoms with Crippen molar-refractivity contribution in [2.45, 2.75) is 25.7 Å². The predicted molar refractivity (Wildman–Crippen MR) is 103 cm³/mol. The maximum absolute atomic E-state index is 14.1. The van der Waals surface area contributed by atoms with Crippen LogP contribution < -0.4 is 4.74 Å². The third-order valence-corrected chi connectivity index (χ3v) is 6.21. The van der Waals surface area contributed by atoms with Gasteiger partial charge in [0.2, 0.25) is 10.0 Å². The predicted octanol–water partition coefficient (Wildman–Crippen LogP) is 3.40. The van der Waals surface area contributed by atoms with E-state index < -0.39 is 27.4 Å². The Bertz CT molecular complexity index is 926. The number of aryl methyl sites for hydroxylation is 1. The van der Waals surface area contributed by atoms with Gasteiger partial charge in [0.15, 0.2) is 0 Å². The lowest BCUT2D eigenvalue weighted by atomic mass is 10.2. The van der Waals surface area contributed by atoms with Crippen LogP contribution in [0.3, 0.4) is 0 Å². The first-order chi connectivity index (χ1) is 13.3. The molecule has 2 aromatic rings. The molecule has 0 aliphatic carbocycles. The van der Waals surface area contributed by atoms with Gasteiger partial charge in [0.05, 0.1) is 10.5 Å². The summed E-state index contributed by atoms with van der Waals surface area (Å²) in [7, 11) is -3.81. The second-order valence-corrected chi connectivity index (χ2v) is 7.92. The summed E-state index contributed by atoms with van der Waals surface area (Å²) in [5, 5.41) is 0. The number of ether oxygens (including phenoxy) is 2. The maximum Gasteiger partial charge on any atom is 0.341 e. The van der Waals surface area contributed by atoms with E-state index in [1.54, 1.807) is 19.9 Å². The van der Waals surface area contributed by atoms with Crippen molar-refractivity contribution >= 4 is 16.0 Å². The lowest BCUT2D eigenvalue weighted by molar-refractivity contribution is 0.0444. The van der Waals surface area contributed by atoms with E-state index in [1.807, 2.05) is 25.1 Å². The molecule has 0 bridgehead atoms. The molecule has 0 fully saturated rings. The van der Waals surface area contributed by atoms with Crippen molar-refractivity contribution in [3.05, 3.63) is 59.4 Å². The number of nitrogens with zero attached hydrogens (tertiary/aromatic N) is 1. The van der Waals surface area contributed by atoms with Crippen LogP contribution in [0.1, 0.15) is 29.8 Å². The van der Waals surface area contributed by atoms with Gasteiger partial charge in [-0.25, -0.2) is 17.6 Å². The summed E-state index contributed by atoms with van der Waals surface area (Å²) in [6, 6.07) is 10.5. The Morgan fingerprint density at radius 1 is 1.07 bits per heavy atom. The number of hydrogen-bond acceptors (Lipinski definition) is 5. The number of halogens is 1. The first-order valence-corrected chi connectivity index (χ1v) is 10.4. The van der Waals surface area contributed by atoms with E-state index in [9.17, 15) is 17.6 Å². The van der Waals surface area contributed by atoms with Crippen molar-refractivity contribution in [2.75, 3.05) is 26.3 Å². The summed E-state index contributed by atoms with van der Waals surface area (Å²) >= 11 is 0. The van der Waals surface area contributed by atoms with E-state index in [2.05, 4.69) is 0 Å². The number of para-hydroxylation sites is 1. The summed E-state index contributed by atoms with van der Waals surface area (Å²) < 4.78 is 51.0. The van der Waals surface area contributed by atoms with Crippen LogP contribution in [0, 0.1) is 12.7 Å². The van der Waals surface area contributed by atoms with Crippen molar-refractivity contribution in [1.82, 2.24) is 4.31 Å². The van der Waals surface area contributed by atoms with E-state index in [4.69, 9.17) is 9.47 Å². The molecule has 0 saturated carbocycles. The summed E-state index contributed by atoms with van der Waals surface area (Å²) in [6.45, 7) is 5.83. The molecule has 0 atom stereocenters. The molecule has 0 saturated heterocycles. The van der Waals surface area contributed by atoms with Gasteiger partial charge in [-0.1, -0.05) is 32.0 Å². The highest BCUT2D eigenvalue weighted by atomic mass is 32.2. The molecule has 152 valence electrons. The zero-order chi connectivity index (χ0) is 20.7. The van der Waals surface area contributed by atoms with E-state index in [0.717, 1.165) is 23.8 Å². The zero-order valence-electron chi connectivity index (χ0n) is 16.1. The monoisotopic (exact) mass is 409 g/mol. The third kappa shape index (κ3) is 5.08. The van der Waals surface area contributed by atoms with E-state index in [1.165, 1.54) is 4.31 Å². The number of rotatable bonds is 9. The highest BCUT2D eigenvalue weighted by molar-refractivity contribution is 7.89. The molecular formula is C20H24FNO5S. The minimum atomic E-state index is -3.81. The van der Waals surface area contributed by atoms with Crippen molar-refractivity contribution in [1.29, 1.82) is 0 Å². The van der Waals surface area contributed by atoms with Crippen molar-refractivity contribution in [3.63, 3.8) is 0 Å². The Balaban J connectivity index is 2.06. The summed E-state index contributed by atoms with van der Waals surface area (Å²) in [5.74, 6) is -1.12. The fourth-order valence-electron chi connectivity index (χ4n) is 2.62. The largest absolute Gasteiger partial charge is 0.490 e. The van der Waals surface area contributed by atoms with Gasteiger partial charge < -0.3 is 9.47 Å². The summed E-state index contributed by atoms with van der Waals surface area (Å²) in [6.07, 6.45) is 0. The van der Waals surface area contributed by atoms with Crippen LogP contribution in [0.5, 0.6) is 5.75 Å². The summed E-state index contributed by atoms with van der Waals surface area (Å²) in [4.78, 5) is 12.1. The van der Waals surface area contributed by atoms with Crippen molar-refractivity contribution in [3.8, 4) is 5.75 Å². The lowest BCUT2D eigenvalue weighted by Crippen LogP contribution is -2.30. The van der Waals surface area contributed by atoms with Gasteiger partial charge in [-0.15, -0.1) is 0 Å². The normalized spacial score (nSPS) is 11.5. The van der Waals surface area contributed by atoms with Gasteiger partial charge in [-0.05, 0) is 36.8 Å². The van der Waals surface area contributed by atoms with Crippen LogP contribution >= 0.6 is 0 Å². The molecule has 8 heteroatoms. The minimum absolute atomic E-state index is 0.0929. The van der Waals surface area contributed by atoms with E-state index in [0.29, 0.717) is 5.75 Å². The Kier molecular flexibility index (Phi) is 7.53. The second kappa shape index (κ2) is 9.66. The molecule has 0 aromatic heterocycles. The van der Waals surface area contributed by atoms with E-state index in [-0.39, 0.29) is 31.2 Å². The van der Waals surface area contributed by atoms with Crippen LogP contribution in [-0.4, -0.2) is 45.0 Å². The van der Waals surface area contributed by atoms with Crippen LogP contribution in [0.15, 0.2) is 47.4 Å². The number of hydrogen-bond donors (Lipinski definition) is 0. The highest BCUT2D eigenvalue weighted by Gasteiger charge is 2.24. The van der Waals surface area contributed by atoms with Crippen molar-refractivity contribution < 1.29 is 27.1 Å². The first-order valence-electron chi connectivity index (χ1n) is 8.96. The van der Waals surface area contributed by atoms with Crippen molar-refractivity contribution in [2.24, 2.45) is 0 Å². The molecule has 2 rings (SSSR count). The molecule has 28 heavy (non-hydrogen) atoms. The van der Waals surface area contributed by atoms with Gasteiger partial charge in [0, 0.05) is 13.1 Å². The number of carbonyl (C=O) groups is 1. The van der Waals surface area contributed by atoms with Crippen LogP contribution in [-0.2, 0) is 14.8 Å². The van der Waals surface area contributed by atoms with Gasteiger partial charge in [0.1, 0.15) is 24.8 Å². The lowest BCUT2D eigenvalue weighted by Gasteiger charge is -2.18. The fraction of sp³-hybridized carbons (Fsp3) is 0.350. The molecule has 6 nitrogen and oxygen atoms in total. The molecule has 0 aliphatic heterocycles. The Morgan fingerprint density at radius 2 is 1.75 bits per heavy atom. The fourth-order valence-corrected chi connectivity index (χ4v) is 4.10. The maximum atomic E-state index is 14.1. The number of sulfonamides is 1. The SMILES string of the molecule is CCN(CC)S(=O)(=O)c1ccc(F)c(C(=O)OCCOc2ccccc2C)c1. The second-order valence-electron chi connectivity index (χ2n) is 5.98. The molecular weight excluding hydrogens is 385 g/mol. The first kappa shape index (κ1) is 21.8. The van der Waals surface area contributed by atoms with E-state index >= 15 is 0 Å². The minimum Gasteiger partial charge on any atom is -0.490 e. The average molecular weight is 409 g/mol. The molecule has 0 spiro atoms. The molecule has 0 aliphatic rings. The number of carbonyl (C=O) groups excluding carboxylic acids is 1. The molecule has 2 aromatic carbocycles. The average Bonchev–Trinajstić information content (AvgIpc) is 2.67. The van der Waals surface area contributed by atoms with Crippen LogP contribution in [0.2, 0.25) is 0 Å². The Hall–Kier alpha value is -2.45. The molecule has 0 amide bonds. The quantitative estimate of drug-likeness (QED) is 0.469. The van der Waals surface area contributed by atoms with Gasteiger partial charge in [-0.3, -0.25) is 0 Å². The zero-order valence-corrected chi connectivity index (χ0v) is 17.0. The van der Waals surface area contributed by atoms with Crippen LogP contribution in [0.4, 0.5) is 4.39 Å².